The number of aromatic nitrogens is 1. The van der Waals surface area contributed by atoms with Crippen LogP contribution < -0.4 is 16.0 Å². The highest BCUT2D eigenvalue weighted by Gasteiger charge is 2.05. The van der Waals surface area contributed by atoms with Gasteiger partial charge >= 0.3 is 0 Å². The van der Waals surface area contributed by atoms with E-state index in [2.05, 4.69) is 0 Å². The molecule has 0 radical (unpaired) electrons. The molecule has 0 bridgehead atoms. The van der Waals surface area contributed by atoms with Gasteiger partial charge in [0.25, 0.3) is 5.56 Å². The zero-order valence-corrected chi connectivity index (χ0v) is 13.2. The monoisotopic (exact) mass is 308 g/mol. The quantitative estimate of drug-likeness (QED) is 0.788. The molecule has 0 saturated carbocycles. The van der Waals surface area contributed by atoms with Crippen LogP contribution in [-0.2, 0) is 13.1 Å². The molecule has 4 heteroatoms. The molecule has 1 aromatic heterocycles. The minimum absolute atomic E-state index is 0.00967. The van der Waals surface area contributed by atoms with E-state index in [1.807, 2.05) is 55.5 Å². The second-order valence-electron chi connectivity index (χ2n) is 5.43. The number of nitrogens with two attached hydrogens (primary N) is 1. The molecule has 1 heterocycles. The Kier molecular flexibility index (Phi) is 4.44. The summed E-state index contributed by atoms with van der Waals surface area (Å²) < 4.78 is 7.31. The van der Waals surface area contributed by atoms with Crippen LogP contribution in [0.2, 0.25) is 0 Å². The first kappa shape index (κ1) is 15.3. The third kappa shape index (κ3) is 3.27. The summed E-state index contributed by atoms with van der Waals surface area (Å²) >= 11 is 0. The topological polar surface area (TPSA) is 57.2 Å². The Morgan fingerprint density at radius 2 is 1.74 bits per heavy atom. The Bertz CT molecular complexity index is 867. The van der Waals surface area contributed by atoms with Crippen LogP contribution in [-0.4, -0.2) is 11.2 Å². The molecule has 0 amide bonds. The standard InChI is InChI=1S/C19H20N2O2/c1-2-23-17-8-9-18-16(11-17)7-10-19(22)21(18)13-15-5-3-14(12-20)4-6-15/h3-11H,2,12-13,20H2,1H3. The Morgan fingerprint density at radius 1 is 1.00 bits per heavy atom. The van der Waals surface area contributed by atoms with E-state index >= 15 is 0 Å². The summed E-state index contributed by atoms with van der Waals surface area (Å²) in [4.78, 5) is 12.3. The van der Waals surface area contributed by atoms with E-state index in [1.165, 1.54) is 0 Å². The maximum atomic E-state index is 12.3. The Hall–Kier alpha value is -2.59. The minimum atomic E-state index is -0.00967. The van der Waals surface area contributed by atoms with Crippen molar-refractivity contribution in [1.29, 1.82) is 0 Å². The van der Waals surface area contributed by atoms with Crippen LogP contribution >= 0.6 is 0 Å². The van der Waals surface area contributed by atoms with Crippen LogP contribution in [0, 0.1) is 0 Å². The molecule has 2 aromatic carbocycles. The maximum Gasteiger partial charge on any atom is 0.251 e. The zero-order valence-electron chi connectivity index (χ0n) is 13.2. The lowest BCUT2D eigenvalue weighted by atomic mass is 10.1. The molecule has 4 nitrogen and oxygen atoms in total. The second kappa shape index (κ2) is 6.67. The van der Waals surface area contributed by atoms with Crippen LogP contribution in [0.3, 0.4) is 0 Å². The summed E-state index contributed by atoms with van der Waals surface area (Å²) in [5, 5.41) is 0.995. The fourth-order valence-electron chi connectivity index (χ4n) is 2.66. The number of nitrogens with zero attached hydrogens (tertiary/aromatic N) is 1. The lowest BCUT2D eigenvalue weighted by Crippen LogP contribution is -2.20. The van der Waals surface area contributed by atoms with E-state index in [9.17, 15) is 4.79 Å². The summed E-state index contributed by atoms with van der Waals surface area (Å²) in [6.07, 6.45) is 0. The Balaban J connectivity index is 2.01. The normalized spacial score (nSPS) is 10.9. The molecule has 0 atom stereocenters. The van der Waals surface area contributed by atoms with Crippen molar-refractivity contribution in [3.05, 3.63) is 76.1 Å². The van der Waals surface area contributed by atoms with E-state index in [0.717, 1.165) is 27.8 Å². The fourth-order valence-corrected chi connectivity index (χ4v) is 2.66. The predicted molar refractivity (Wildman–Crippen MR) is 92.8 cm³/mol. The highest BCUT2D eigenvalue weighted by molar-refractivity contribution is 5.80. The van der Waals surface area contributed by atoms with Crippen molar-refractivity contribution in [2.75, 3.05) is 6.61 Å². The number of fused-ring (bicyclic) bond motifs is 1. The first-order valence-electron chi connectivity index (χ1n) is 7.75. The molecule has 3 aromatic rings. The first-order chi connectivity index (χ1) is 11.2. The summed E-state index contributed by atoms with van der Waals surface area (Å²) in [7, 11) is 0. The summed E-state index contributed by atoms with van der Waals surface area (Å²) in [6, 6.07) is 17.3. The van der Waals surface area contributed by atoms with Crippen LogP contribution in [0.5, 0.6) is 5.75 Å². The largest absolute Gasteiger partial charge is 0.494 e. The average Bonchev–Trinajstić information content (AvgIpc) is 2.58. The lowest BCUT2D eigenvalue weighted by molar-refractivity contribution is 0.340. The Labute approximate surface area is 135 Å². The molecular formula is C19H20N2O2. The van der Waals surface area contributed by atoms with Gasteiger partial charge < -0.3 is 15.0 Å². The molecular weight excluding hydrogens is 288 g/mol. The van der Waals surface area contributed by atoms with E-state index in [1.54, 1.807) is 10.6 Å². The fraction of sp³-hybridized carbons (Fsp3) is 0.211. The van der Waals surface area contributed by atoms with Crippen LogP contribution in [0.25, 0.3) is 10.9 Å². The van der Waals surface area contributed by atoms with Crippen molar-refractivity contribution in [3.8, 4) is 5.75 Å². The zero-order chi connectivity index (χ0) is 16.2. The van der Waals surface area contributed by atoms with Gasteiger partial charge in [-0.15, -0.1) is 0 Å². The summed E-state index contributed by atoms with van der Waals surface area (Å²) in [5.74, 6) is 0.817. The van der Waals surface area contributed by atoms with Crippen molar-refractivity contribution >= 4 is 10.9 Å². The summed E-state index contributed by atoms with van der Waals surface area (Å²) in [5.41, 5.74) is 8.68. The third-order valence-electron chi connectivity index (χ3n) is 3.87. The smallest absolute Gasteiger partial charge is 0.251 e. The molecule has 0 saturated heterocycles. The molecule has 0 fully saturated rings. The van der Waals surface area contributed by atoms with Gasteiger partial charge in [-0.25, -0.2) is 0 Å². The van der Waals surface area contributed by atoms with Gasteiger partial charge in [0.15, 0.2) is 0 Å². The van der Waals surface area contributed by atoms with Crippen molar-refractivity contribution < 1.29 is 4.74 Å². The number of ether oxygens (including phenoxy) is 1. The van der Waals surface area contributed by atoms with Gasteiger partial charge in [-0.3, -0.25) is 4.79 Å². The van der Waals surface area contributed by atoms with E-state index in [0.29, 0.717) is 19.7 Å². The molecule has 0 aliphatic heterocycles. The predicted octanol–water partition coefficient (Wildman–Crippen LogP) is 2.91. The highest BCUT2D eigenvalue weighted by Crippen LogP contribution is 2.20. The molecule has 23 heavy (non-hydrogen) atoms. The molecule has 3 rings (SSSR count). The van der Waals surface area contributed by atoms with Gasteiger partial charge in [-0.1, -0.05) is 24.3 Å². The van der Waals surface area contributed by atoms with Gasteiger partial charge in [0.2, 0.25) is 0 Å². The molecule has 0 aliphatic carbocycles. The van der Waals surface area contributed by atoms with Crippen LogP contribution in [0.15, 0.2) is 59.4 Å². The van der Waals surface area contributed by atoms with Gasteiger partial charge in [-0.05, 0) is 42.3 Å². The second-order valence-corrected chi connectivity index (χ2v) is 5.43. The molecule has 118 valence electrons. The number of hydrogen-bond acceptors (Lipinski definition) is 3. The number of benzene rings is 2. The van der Waals surface area contributed by atoms with Crippen molar-refractivity contribution in [1.82, 2.24) is 4.57 Å². The van der Waals surface area contributed by atoms with Gasteiger partial charge in [-0.2, -0.15) is 0 Å². The van der Waals surface area contributed by atoms with E-state index < -0.39 is 0 Å². The van der Waals surface area contributed by atoms with E-state index in [-0.39, 0.29) is 5.56 Å². The Morgan fingerprint density at radius 3 is 2.43 bits per heavy atom. The minimum Gasteiger partial charge on any atom is -0.494 e. The number of hydrogen-bond donors (Lipinski definition) is 1. The van der Waals surface area contributed by atoms with Gasteiger partial charge in [0.05, 0.1) is 18.7 Å². The third-order valence-corrected chi connectivity index (χ3v) is 3.87. The van der Waals surface area contributed by atoms with E-state index in [4.69, 9.17) is 10.5 Å². The maximum absolute atomic E-state index is 12.3. The number of rotatable bonds is 5. The van der Waals surface area contributed by atoms with Crippen molar-refractivity contribution in [2.24, 2.45) is 5.73 Å². The highest BCUT2D eigenvalue weighted by atomic mass is 16.5. The summed E-state index contributed by atoms with van der Waals surface area (Å²) in [6.45, 7) is 3.64. The van der Waals surface area contributed by atoms with Crippen LogP contribution in [0.4, 0.5) is 0 Å². The molecule has 0 spiro atoms. The average molecular weight is 308 g/mol. The molecule has 0 aliphatic rings. The molecule has 0 unspecified atom stereocenters. The van der Waals surface area contributed by atoms with Crippen molar-refractivity contribution in [3.63, 3.8) is 0 Å². The number of pyridine rings is 1. The van der Waals surface area contributed by atoms with Crippen molar-refractivity contribution in [2.45, 2.75) is 20.0 Å². The lowest BCUT2D eigenvalue weighted by Gasteiger charge is -2.12. The SMILES string of the molecule is CCOc1ccc2c(ccc(=O)n2Cc2ccc(CN)cc2)c1. The first-order valence-corrected chi connectivity index (χ1v) is 7.75. The van der Waals surface area contributed by atoms with Gasteiger partial charge in [0, 0.05) is 18.0 Å². The van der Waals surface area contributed by atoms with Crippen LogP contribution in [0.1, 0.15) is 18.1 Å². The molecule has 2 N–H and O–H groups in total. The van der Waals surface area contributed by atoms with Gasteiger partial charge in [0.1, 0.15) is 5.75 Å².